The van der Waals surface area contributed by atoms with Gasteiger partial charge in [0.15, 0.2) is 6.61 Å². The summed E-state index contributed by atoms with van der Waals surface area (Å²) in [6.45, 7) is 3.75. The molecule has 0 saturated heterocycles. The van der Waals surface area contributed by atoms with Gasteiger partial charge in [0.2, 0.25) is 0 Å². The fraction of sp³-hybridized carbons (Fsp3) is 0.474. The van der Waals surface area contributed by atoms with Crippen LogP contribution in [-0.4, -0.2) is 34.1 Å². The molecular weight excluding hydrogens is 334 g/mol. The summed E-state index contributed by atoms with van der Waals surface area (Å²) < 4.78 is 6.73. The number of aryl methyl sites for hydroxylation is 2. The van der Waals surface area contributed by atoms with E-state index in [0.29, 0.717) is 28.8 Å². The molecule has 1 aromatic carbocycles. The maximum absolute atomic E-state index is 12.2. The summed E-state index contributed by atoms with van der Waals surface area (Å²) in [5.74, 6) is -0.859. The number of hydrogen-bond acceptors (Lipinski definition) is 5. The zero-order chi connectivity index (χ0) is 18.7. The van der Waals surface area contributed by atoms with Crippen molar-refractivity contribution in [2.24, 2.45) is 0 Å². The first-order valence-corrected chi connectivity index (χ1v) is 8.97. The van der Waals surface area contributed by atoms with Crippen molar-refractivity contribution in [2.75, 3.05) is 6.61 Å². The van der Waals surface area contributed by atoms with E-state index in [1.807, 2.05) is 6.92 Å². The molecule has 3 rings (SSSR count). The van der Waals surface area contributed by atoms with E-state index in [4.69, 9.17) is 4.74 Å². The smallest absolute Gasteiger partial charge is 0.338 e. The first-order chi connectivity index (χ1) is 12.5. The lowest BCUT2D eigenvalue weighted by molar-refractivity contribution is -0.124. The highest BCUT2D eigenvalue weighted by Gasteiger charge is 2.18. The van der Waals surface area contributed by atoms with Gasteiger partial charge in [0.05, 0.1) is 16.6 Å². The van der Waals surface area contributed by atoms with Crippen molar-refractivity contribution >= 4 is 22.9 Å². The molecule has 1 aliphatic carbocycles. The second-order valence-corrected chi connectivity index (χ2v) is 6.58. The monoisotopic (exact) mass is 357 g/mol. The Balaban J connectivity index is 1.71. The van der Waals surface area contributed by atoms with Crippen molar-refractivity contribution in [2.45, 2.75) is 52.1 Å². The Labute approximate surface area is 151 Å². The molecule has 7 heteroatoms. The molecular formula is C19H23N3O4. The molecule has 0 radical (unpaired) electrons. The molecule has 1 heterocycles. The van der Waals surface area contributed by atoms with Gasteiger partial charge in [-0.2, -0.15) is 0 Å². The molecule has 0 bridgehead atoms. The average molecular weight is 357 g/mol. The Bertz CT molecular complexity index is 898. The van der Waals surface area contributed by atoms with Crippen LogP contribution in [0.3, 0.4) is 0 Å². The highest BCUT2D eigenvalue weighted by Crippen LogP contribution is 2.17. The lowest BCUT2D eigenvalue weighted by Crippen LogP contribution is -2.35. The van der Waals surface area contributed by atoms with Crippen LogP contribution in [0.2, 0.25) is 0 Å². The van der Waals surface area contributed by atoms with E-state index >= 15 is 0 Å². The average Bonchev–Trinajstić information content (AvgIpc) is 3.13. The highest BCUT2D eigenvalue weighted by atomic mass is 16.5. The normalized spacial score (nSPS) is 14.5. The minimum Gasteiger partial charge on any atom is -0.452 e. The molecule has 1 saturated carbocycles. The van der Waals surface area contributed by atoms with Crippen LogP contribution in [0.25, 0.3) is 11.0 Å². The van der Waals surface area contributed by atoms with Crippen molar-refractivity contribution in [3.8, 4) is 0 Å². The van der Waals surface area contributed by atoms with Gasteiger partial charge >= 0.3 is 5.97 Å². The standard InChI is InChI=1S/C19H23N3O4/c1-3-22-16-9-8-13(10-15(16)20-12(2)18(22)24)19(25)26-11-17(23)21-14-6-4-5-7-14/h8-10,14H,3-7,11H2,1-2H3,(H,21,23). The van der Waals surface area contributed by atoms with Crippen molar-refractivity contribution in [1.82, 2.24) is 14.9 Å². The van der Waals surface area contributed by atoms with Gasteiger partial charge in [0, 0.05) is 12.6 Å². The van der Waals surface area contributed by atoms with Crippen LogP contribution in [-0.2, 0) is 16.1 Å². The quantitative estimate of drug-likeness (QED) is 0.826. The number of nitrogens with zero attached hydrogens (tertiary/aromatic N) is 2. The Morgan fingerprint density at radius 2 is 2.04 bits per heavy atom. The summed E-state index contributed by atoms with van der Waals surface area (Å²) in [7, 11) is 0. The van der Waals surface area contributed by atoms with E-state index in [2.05, 4.69) is 10.3 Å². The van der Waals surface area contributed by atoms with Crippen LogP contribution in [0.5, 0.6) is 0 Å². The third-order valence-electron chi connectivity index (χ3n) is 4.72. The molecule has 1 N–H and O–H groups in total. The lowest BCUT2D eigenvalue weighted by atomic mass is 10.2. The minimum absolute atomic E-state index is 0.140. The SMILES string of the molecule is CCn1c(=O)c(C)nc2cc(C(=O)OCC(=O)NC3CCCC3)ccc21. The van der Waals surface area contributed by atoms with E-state index in [0.717, 1.165) is 25.7 Å². The number of hydrogen-bond donors (Lipinski definition) is 1. The Morgan fingerprint density at radius 1 is 1.31 bits per heavy atom. The third kappa shape index (κ3) is 3.76. The number of nitrogens with one attached hydrogen (secondary N) is 1. The first kappa shape index (κ1) is 18.1. The highest BCUT2D eigenvalue weighted by molar-refractivity contribution is 5.94. The summed E-state index contributed by atoms with van der Waals surface area (Å²) in [5, 5.41) is 2.88. The number of amides is 1. The Kier molecular flexibility index (Phi) is 5.35. The zero-order valence-corrected chi connectivity index (χ0v) is 15.1. The molecule has 0 atom stereocenters. The second-order valence-electron chi connectivity index (χ2n) is 6.58. The van der Waals surface area contributed by atoms with Crippen LogP contribution < -0.4 is 10.9 Å². The van der Waals surface area contributed by atoms with Gasteiger partial charge < -0.3 is 14.6 Å². The largest absolute Gasteiger partial charge is 0.452 e. The van der Waals surface area contributed by atoms with E-state index < -0.39 is 5.97 Å². The fourth-order valence-electron chi connectivity index (χ4n) is 3.37. The number of carbonyl (C=O) groups excluding carboxylic acids is 2. The number of fused-ring (bicyclic) bond motifs is 1. The number of ether oxygens (including phenoxy) is 1. The molecule has 7 nitrogen and oxygen atoms in total. The van der Waals surface area contributed by atoms with Gasteiger partial charge in [-0.3, -0.25) is 9.59 Å². The van der Waals surface area contributed by atoms with Crippen molar-refractivity contribution in [3.63, 3.8) is 0 Å². The third-order valence-corrected chi connectivity index (χ3v) is 4.72. The summed E-state index contributed by atoms with van der Waals surface area (Å²) in [5.41, 5.74) is 1.76. The van der Waals surface area contributed by atoms with Crippen LogP contribution in [0.4, 0.5) is 0 Å². The van der Waals surface area contributed by atoms with Crippen LogP contribution >= 0.6 is 0 Å². The van der Waals surface area contributed by atoms with E-state index in [1.54, 1.807) is 29.7 Å². The Hall–Kier alpha value is -2.70. The summed E-state index contributed by atoms with van der Waals surface area (Å²) in [6, 6.07) is 5.05. The van der Waals surface area contributed by atoms with E-state index in [1.165, 1.54) is 0 Å². The predicted octanol–water partition coefficient (Wildman–Crippen LogP) is 1.94. The van der Waals surface area contributed by atoms with E-state index in [-0.39, 0.29) is 24.1 Å². The van der Waals surface area contributed by atoms with Gasteiger partial charge in [-0.15, -0.1) is 0 Å². The number of esters is 1. The van der Waals surface area contributed by atoms with Crippen LogP contribution in [0.1, 0.15) is 48.7 Å². The molecule has 1 fully saturated rings. The molecule has 1 aliphatic rings. The number of rotatable bonds is 5. The minimum atomic E-state index is -0.581. The van der Waals surface area contributed by atoms with Crippen molar-refractivity contribution in [1.29, 1.82) is 0 Å². The van der Waals surface area contributed by atoms with Crippen molar-refractivity contribution < 1.29 is 14.3 Å². The molecule has 26 heavy (non-hydrogen) atoms. The second kappa shape index (κ2) is 7.68. The van der Waals surface area contributed by atoms with Crippen LogP contribution in [0, 0.1) is 6.92 Å². The van der Waals surface area contributed by atoms with E-state index in [9.17, 15) is 14.4 Å². The number of benzene rings is 1. The molecule has 1 aromatic heterocycles. The molecule has 0 unspecified atom stereocenters. The van der Waals surface area contributed by atoms with Crippen LogP contribution in [0.15, 0.2) is 23.0 Å². The van der Waals surface area contributed by atoms with Gasteiger partial charge in [-0.25, -0.2) is 9.78 Å². The van der Waals surface area contributed by atoms with Gasteiger partial charge in [-0.05, 0) is 44.9 Å². The summed E-state index contributed by atoms with van der Waals surface area (Å²) >= 11 is 0. The predicted molar refractivity (Wildman–Crippen MR) is 97.1 cm³/mol. The van der Waals surface area contributed by atoms with Gasteiger partial charge in [0.25, 0.3) is 11.5 Å². The number of carbonyl (C=O) groups is 2. The first-order valence-electron chi connectivity index (χ1n) is 8.97. The van der Waals surface area contributed by atoms with Crippen molar-refractivity contribution in [3.05, 3.63) is 39.8 Å². The Morgan fingerprint density at radius 3 is 2.73 bits per heavy atom. The summed E-state index contributed by atoms with van der Waals surface area (Å²) in [6.07, 6.45) is 4.21. The van der Waals surface area contributed by atoms with Gasteiger partial charge in [0.1, 0.15) is 5.69 Å². The topological polar surface area (TPSA) is 90.3 Å². The maximum atomic E-state index is 12.2. The molecule has 0 spiro atoms. The summed E-state index contributed by atoms with van der Waals surface area (Å²) in [4.78, 5) is 40.5. The maximum Gasteiger partial charge on any atom is 0.338 e. The lowest BCUT2D eigenvalue weighted by Gasteiger charge is -2.12. The molecule has 0 aliphatic heterocycles. The molecule has 2 aromatic rings. The van der Waals surface area contributed by atoms with Gasteiger partial charge in [-0.1, -0.05) is 12.8 Å². The molecule has 1 amide bonds. The molecule has 138 valence electrons. The fourth-order valence-corrected chi connectivity index (χ4v) is 3.37. The zero-order valence-electron chi connectivity index (χ0n) is 15.1. The number of aromatic nitrogens is 2.